The average molecular weight is 436 g/mol. The topological polar surface area (TPSA) is 112 Å². The van der Waals surface area contributed by atoms with Crippen LogP contribution in [0.15, 0.2) is 29.2 Å². The van der Waals surface area contributed by atoms with Gasteiger partial charge in [0.25, 0.3) is 0 Å². The summed E-state index contributed by atoms with van der Waals surface area (Å²) < 4.78 is 49.5. The zero-order valence-corrected chi connectivity index (χ0v) is 17.5. The molecule has 1 aromatic carbocycles. The third-order valence-corrected chi connectivity index (χ3v) is 6.06. The van der Waals surface area contributed by atoms with E-state index in [-0.39, 0.29) is 18.0 Å². The van der Waals surface area contributed by atoms with E-state index in [0.29, 0.717) is 49.6 Å². The summed E-state index contributed by atoms with van der Waals surface area (Å²) in [5, 5.41) is 0. The van der Waals surface area contributed by atoms with E-state index in [2.05, 4.69) is 19.6 Å². The maximum absolute atomic E-state index is 12.5. The fraction of sp³-hybridized carbons (Fsp3) is 0.474. The molecule has 0 radical (unpaired) electrons. The Bertz CT molecular complexity index is 995. The van der Waals surface area contributed by atoms with Gasteiger partial charge in [-0.2, -0.15) is 4.98 Å². The fourth-order valence-corrected chi connectivity index (χ4v) is 4.19. The van der Waals surface area contributed by atoms with Crippen LogP contribution in [-0.2, 0) is 14.8 Å². The highest BCUT2D eigenvalue weighted by Crippen LogP contribution is 2.32. The third kappa shape index (κ3) is 4.91. The summed E-state index contributed by atoms with van der Waals surface area (Å²) in [5.74, 6) is 2.73. The van der Waals surface area contributed by atoms with E-state index in [4.69, 9.17) is 18.9 Å². The second-order valence-electron chi connectivity index (χ2n) is 6.76. The van der Waals surface area contributed by atoms with E-state index < -0.39 is 10.0 Å². The second-order valence-corrected chi connectivity index (χ2v) is 8.53. The Morgan fingerprint density at radius 2 is 1.83 bits per heavy atom. The van der Waals surface area contributed by atoms with Gasteiger partial charge in [0.1, 0.15) is 31.5 Å². The van der Waals surface area contributed by atoms with Crippen LogP contribution in [0.4, 0.5) is 5.82 Å². The van der Waals surface area contributed by atoms with Crippen LogP contribution in [0.1, 0.15) is 5.82 Å². The number of sulfonamides is 1. The molecule has 1 N–H and O–H groups in total. The summed E-state index contributed by atoms with van der Waals surface area (Å²) >= 11 is 0. The highest BCUT2D eigenvalue weighted by molar-refractivity contribution is 7.89. The van der Waals surface area contributed by atoms with E-state index in [0.717, 1.165) is 18.9 Å². The summed E-state index contributed by atoms with van der Waals surface area (Å²) in [7, 11) is -3.70. The van der Waals surface area contributed by atoms with Gasteiger partial charge in [-0.1, -0.05) is 0 Å². The van der Waals surface area contributed by atoms with Crippen molar-refractivity contribution in [1.82, 2.24) is 14.7 Å². The summed E-state index contributed by atoms with van der Waals surface area (Å²) in [6.45, 7) is 5.67. The van der Waals surface area contributed by atoms with Crippen molar-refractivity contribution in [3.8, 4) is 17.4 Å². The smallest absolute Gasteiger partial charge is 0.240 e. The Balaban J connectivity index is 1.34. The lowest BCUT2D eigenvalue weighted by Gasteiger charge is -2.28. The molecule has 2 aliphatic heterocycles. The van der Waals surface area contributed by atoms with E-state index in [1.54, 1.807) is 19.1 Å². The molecule has 0 saturated carbocycles. The van der Waals surface area contributed by atoms with Gasteiger partial charge >= 0.3 is 0 Å². The summed E-state index contributed by atoms with van der Waals surface area (Å²) in [6, 6.07) is 6.29. The molecule has 0 atom stereocenters. The molecule has 2 aromatic rings. The number of fused-ring (bicyclic) bond motifs is 1. The molecule has 1 fully saturated rings. The first kappa shape index (κ1) is 20.6. The van der Waals surface area contributed by atoms with E-state index in [9.17, 15) is 8.42 Å². The minimum absolute atomic E-state index is 0.0900. The molecule has 4 rings (SSSR count). The Kier molecular flexibility index (Phi) is 6.21. The van der Waals surface area contributed by atoms with Crippen LogP contribution < -0.4 is 23.8 Å². The molecule has 2 aliphatic rings. The van der Waals surface area contributed by atoms with Crippen LogP contribution >= 0.6 is 0 Å². The van der Waals surface area contributed by atoms with Gasteiger partial charge in [-0.05, 0) is 19.1 Å². The van der Waals surface area contributed by atoms with Gasteiger partial charge in [0.15, 0.2) is 11.5 Å². The highest BCUT2D eigenvalue weighted by atomic mass is 32.2. The number of nitrogens with one attached hydrogen (secondary N) is 1. The molecule has 0 aliphatic carbocycles. The van der Waals surface area contributed by atoms with Gasteiger partial charge in [-0.25, -0.2) is 18.1 Å². The average Bonchev–Trinajstić information content (AvgIpc) is 2.77. The fourth-order valence-electron chi connectivity index (χ4n) is 3.16. The van der Waals surface area contributed by atoms with Crippen LogP contribution in [0, 0.1) is 6.92 Å². The zero-order chi connectivity index (χ0) is 21.0. The van der Waals surface area contributed by atoms with Crippen LogP contribution in [0.5, 0.6) is 17.4 Å². The predicted molar refractivity (Wildman–Crippen MR) is 108 cm³/mol. The van der Waals surface area contributed by atoms with Crippen LogP contribution in [0.25, 0.3) is 0 Å². The van der Waals surface area contributed by atoms with Gasteiger partial charge in [-0.3, -0.25) is 0 Å². The predicted octanol–water partition coefficient (Wildman–Crippen LogP) is 0.750. The summed E-state index contributed by atoms with van der Waals surface area (Å²) in [6.07, 6.45) is 0. The van der Waals surface area contributed by atoms with Gasteiger partial charge in [0.05, 0.1) is 18.1 Å². The molecular formula is C19H24N4O6S. The zero-order valence-electron chi connectivity index (χ0n) is 16.7. The highest BCUT2D eigenvalue weighted by Gasteiger charge is 2.19. The SMILES string of the molecule is Cc1nc(OCCNS(=O)(=O)c2ccc3c(c2)OCCO3)cc(N2CCOCC2)n1. The van der Waals surface area contributed by atoms with Gasteiger partial charge in [0, 0.05) is 31.8 Å². The van der Waals surface area contributed by atoms with Crippen molar-refractivity contribution in [2.75, 3.05) is 57.6 Å². The molecule has 10 nitrogen and oxygen atoms in total. The van der Waals surface area contributed by atoms with Crippen molar-refractivity contribution in [3.05, 3.63) is 30.1 Å². The van der Waals surface area contributed by atoms with Crippen molar-refractivity contribution in [2.24, 2.45) is 0 Å². The number of hydrogen-bond acceptors (Lipinski definition) is 9. The Hall–Kier alpha value is -2.63. The molecule has 0 bridgehead atoms. The lowest BCUT2D eigenvalue weighted by Crippen LogP contribution is -2.37. The number of ether oxygens (including phenoxy) is 4. The van der Waals surface area contributed by atoms with Gasteiger partial charge < -0.3 is 23.8 Å². The number of rotatable bonds is 7. The first-order chi connectivity index (χ1) is 14.5. The number of aromatic nitrogens is 2. The molecule has 1 saturated heterocycles. The first-order valence-corrected chi connectivity index (χ1v) is 11.2. The second kappa shape index (κ2) is 9.02. The molecule has 1 aromatic heterocycles. The van der Waals surface area contributed by atoms with Crippen LogP contribution in [-0.4, -0.2) is 71.1 Å². The Labute approximate surface area is 175 Å². The first-order valence-electron chi connectivity index (χ1n) is 9.72. The van der Waals surface area contributed by atoms with E-state index >= 15 is 0 Å². The maximum atomic E-state index is 12.5. The third-order valence-electron chi connectivity index (χ3n) is 4.60. The van der Waals surface area contributed by atoms with Crippen molar-refractivity contribution in [2.45, 2.75) is 11.8 Å². The molecule has 162 valence electrons. The normalized spacial score (nSPS) is 16.4. The molecule has 11 heteroatoms. The minimum Gasteiger partial charge on any atom is -0.486 e. The number of morpholine rings is 1. The molecular weight excluding hydrogens is 412 g/mol. The number of aryl methyl sites for hydroxylation is 1. The monoisotopic (exact) mass is 436 g/mol. The van der Waals surface area contributed by atoms with Gasteiger partial charge in [-0.15, -0.1) is 0 Å². The van der Waals surface area contributed by atoms with Crippen molar-refractivity contribution in [3.63, 3.8) is 0 Å². The molecule has 3 heterocycles. The van der Waals surface area contributed by atoms with Crippen molar-refractivity contribution >= 4 is 15.8 Å². The molecule has 0 spiro atoms. The standard InChI is InChI=1S/C19H24N4O6S/c1-14-21-18(23-5-8-26-9-6-23)13-19(22-14)29-7-4-20-30(24,25)15-2-3-16-17(12-15)28-11-10-27-16/h2-3,12-13,20H,4-11H2,1H3. The number of benzene rings is 1. The van der Waals surface area contributed by atoms with E-state index in [1.165, 1.54) is 12.1 Å². The molecule has 0 unspecified atom stereocenters. The number of nitrogens with zero attached hydrogens (tertiary/aromatic N) is 3. The quantitative estimate of drug-likeness (QED) is 0.628. The maximum Gasteiger partial charge on any atom is 0.240 e. The van der Waals surface area contributed by atoms with Crippen LogP contribution in [0.3, 0.4) is 0 Å². The van der Waals surface area contributed by atoms with Crippen LogP contribution in [0.2, 0.25) is 0 Å². The van der Waals surface area contributed by atoms with Gasteiger partial charge in [0.2, 0.25) is 15.9 Å². The Morgan fingerprint density at radius 3 is 2.63 bits per heavy atom. The summed E-state index contributed by atoms with van der Waals surface area (Å²) in [5.41, 5.74) is 0. The van der Waals surface area contributed by atoms with Crippen molar-refractivity contribution in [1.29, 1.82) is 0 Å². The molecule has 0 amide bonds. The number of hydrogen-bond donors (Lipinski definition) is 1. The van der Waals surface area contributed by atoms with E-state index in [1.807, 2.05) is 0 Å². The number of anilines is 1. The molecule has 30 heavy (non-hydrogen) atoms. The lowest BCUT2D eigenvalue weighted by atomic mass is 10.3. The largest absolute Gasteiger partial charge is 0.486 e. The van der Waals surface area contributed by atoms with Crippen molar-refractivity contribution < 1.29 is 27.4 Å². The minimum atomic E-state index is -3.70. The lowest BCUT2D eigenvalue weighted by molar-refractivity contribution is 0.122. The Morgan fingerprint density at radius 1 is 1.07 bits per heavy atom. The summed E-state index contributed by atoms with van der Waals surface area (Å²) in [4.78, 5) is 10.9.